The van der Waals surface area contributed by atoms with Crippen molar-refractivity contribution in [2.75, 3.05) is 6.61 Å². The molecule has 2 nitrogen and oxygen atoms in total. The van der Waals surface area contributed by atoms with Gasteiger partial charge in [-0.15, -0.1) is 0 Å². The Bertz CT molecular complexity index is 777. The summed E-state index contributed by atoms with van der Waals surface area (Å²) in [6.45, 7) is 2.19. The average molecular weight is 276 g/mol. The van der Waals surface area contributed by atoms with E-state index < -0.39 is 0 Å². The highest BCUT2D eigenvalue weighted by Gasteiger charge is 2.05. The Morgan fingerprint density at radius 3 is 2.14 bits per heavy atom. The fraction of sp³-hybridized carbons (Fsp3) is 0.105. The molecule has 3 aromatic rings. The first-order valence-electron chi connectivity index (χ1n) is 7.05. The third-order valence-corrected chi connectivity index (χ3v) is 3.49. The van der Waals surface area contributed by atoms with E-state index in [1.165, 1.54) is 16.8 Å². The Balaban J connectivity index is 2.23. The van der Waals surface area contributed by atoms with E-state index in [1.54, 1.807) is 6.92 Å². The van der Waals surface area contributed by atoms with Gasteiger partial charge in [-0.05, 0) is 46.2 Å². The Labute approximate surface area is 123 Å². The minimum Gasteiger partial charge on any atom is -0.463 e. The first-order chi connectivity index (χ1) is 10.3. The van der Waals surface area contributed by atoms with Crippen LogP contribution in [0.4, 0.5) is 0 Å². The monoisotopic (exact) mass is 276 g/mol. The molecule has 0 aliphatic carbocycles. The van der Waals surface area contributed by atoms with Gasteiger partial charge in [0.1, 0.15) is 0 Å². The third-order valence-electron chi connectivity index (χ3n) is 3.49. The summed E-state index contributed by atoms with van der Waals surface area (Å²) in [5, 5.41) is 4.60. The lowest BCUT2D eigenvalue weighted by atomic mass is 9.96. The van der Waals surface area contributed by atoms with Gasteiger partial charge in [0.05, 0.1) is 6.61 Å². The smallest absolute Gasteiger partial charge is 0.330 e. The van der Waals surface area contributed by atoms with Crippen LogP contribution in [0.2, 0.25) is 0 Å². The fourth-order valence-electron chi connectivity index (χ4n) is 2.57. The summed E-state index contributed by atoms with van der Waals surface area (Å²) >= 11 is 0. The highest BCUT2D eigenvalue weighted by atomic mass is 16.5. The molecule has 3 rings (SSSR count). The molecule has 0 aliphatic heterocycles. The van der Waals surface area contributed by atoms with Gasteiger partial charge in [0.25, 0.3) is 0 Å². The normalized spacial score (nSPS) is 11.3. The molecular weight excluding hydrogens is 260 g/mol. The second kappa shape index (κ2) is 5.80. The third kappa shape index (κ3) is 2.65. The molecule has 0 aliphatic rings. The van der Waals surface area contributed by atoms with E-state index in [0.717, 1.165) is 16.3 Å². The lowest BCUT2D eigenvalue weighted by Gasteiger charge is -2.08. The Hall–Kier alpha value is -2.61. The zero-order valence-corrected chi connectivity index (χ0v) is 11.9. The van der Waals surface area contributed by atoms with Gasteiger partial charge in [-0.2, -0.15) is 0 Å². The van der Waals surface area contributed by atoms with Crippen LogP contribution in [0.15, 0.2) is 60.7 Å². The second-order valence-corrected chi connectivity index (χ2v) is 4.82. The van der Waals surface area contributed by atoms with Gasteiger partial charge in [0.15, 0.2) is 0 Å². The van der Waals surface area contributed by atoms with Crippen LogP contribution in [0.1, 0.15) is 12.5 Å². The van der Waals surface area contributed by atoms with Crippen molar-refractivity contribution in [3.8, 4) is 0 Å². The van der Waals surface area contributed by atoms with Gasteiger partial charge in [-0.1, -0.05) is 48.5 Å². The highest BCUT2D eigenvalue weighted by Crippen LogP contribution is 2.29. The summed E-state index contributed by atoms with van der Waals surface area (Å²) < 4.78 is 4.96. The van der Waals surface area contributed by atoms with Gasteiger partial charge in [0.2, 0.25) is 0 Å². The van der Waals surface area contributed by atoms with E-state index in [1.807, 2.05) is 30.3 Å². The fourth-order valence-corrected chi connectivity index (χ4v) is 2.57. The van der Waals surface area contributed by atoms with Crippen molar-refractivity contribution >= 4 is 33.6 Å². The minimum atomic E-state index is -0.311. The van der Waals surface area contributed by atoms with Crippen LogP contribution in [-0.2, 0) is 9.53 Å². The Morgan fingerprint density at radius 2 is 1.57 bits per heavy atom. The molecule has 0 aromatic heterocycles. The topological polar surface area (TPSA) is 26.3 Å². The molecule has 104 valence electrons. The van der Waals surface area contributed by atoms with Gasteiger partial charge in [0, 0.05) is 6.08 Å². The van der Waals surface area contributed by atoms with Crippen molar-refractivity contribution < 1.29 is 9.53 Å². The number of rotatable bonds is 3. The van der Waals surface area contributed by atoms with Gasteiger partial charge in [-0.25, -0.2) is 4.79 Å². The standard InChI is InChI=1S/C19H16O2/c1-2-21-19(20)12-11-18-16-9-5-3-7-14(16)13-15-8-4-6-10-17(15)18/h3-13H,2H2,1H3/b12-11+. The van der Waals surface area contributed by atoms with Crippen LogP contribution in [0, 0.1) is 0 Å². The predicted octanol–water partition coefficient (Wildman–Crippen LogP) is 4.57. The zero-order valence-electron chi connectivity index (χ0n) is 11.9. The van der Waals surface area contributed by atoms with E-state index in [2.05, 4.69) is 30.3 Å². The molecule has 3 aromatic carbocycles. The summed E-state index contributed by atoms with van der Waals surface area (Å²) in [7, 11) is 0. The second-order valence-electron chi connectivity index (χ2n) is 4.82. The molecule has 21 heavy (non-hydrogen) atoms. The Morgan fingerprint density at radius 1 is 1.00 bits per heavy atom. The molecule has 0 unspecified atom stereocenters. The maximum Gasteiger partial charge on any atom is 0.330 e. The van der Waals surface area contributed by atoms with Crippen molar-refractivity contribution in [3.05, 3.63) is 66.2 Å². The van der Waals surface area contributed by atoms with Crippen LogP contribution >= 0.6 is 0 Å². The number of hydrogen-bond donors (Lipinski definition) is 0. The number of carbonyl (C=O) groups excluding carboxylic acids is 1. The SMILES string of the molecule is CCOC(=O)/C=C/c1c2ccccc2cc2ccccc12. The van der Waals surface area contributed by atoms with Gasteiger partial charge in [-0.3, -0.25) is 0 Å². The van der Waals surface area contributed by atoms with E-state index in [0.29, 0.717) is 6.61 Å². The molecule has 0 amide bonds. The molecule has 0 fully saturated rings. The van der Waals surface area contributed by atoms with E-state index in [9.17, 15) is 4.79 Å². The molecular formula is C19H16O2. The van der Waals surface area contributed by atoms with Crippen molar-refractivity contribution in [1.29, 1.82) is 0 Å². The molecule has 0 bridgehead atoms. The van der Waals surface area contributed by atoms with Crippen LogP contribution in [0.5, 0.6) is 0 Å². The quantitative estimate of drug-likeness (QED) is 0.398. The van der Waals surface area contributed by atoms with Crippen LogP contribution < -0.4 is 0 Å². The molecule has 0 saturated heterocycles. The summed E-state index contributed by atoms with van der Waals surface area (Å²) in [6, 6.07) is 18.6. The zero-order chi connectivity index (χ0) is 14.7. The lowest BCUT2D eigenvalue weighted by molar-refractivity contribution is -0.137. The maximum atomic E-state index is 11.6. The largest absolute Gasteiger partial charge is 0.463 e. The van der Waals surface area contributed by atoms with Gasteiger partial charge < -0.3 is 4.74 Å². The molecule has 2 heteroatoms. The summed E-state index contributed by atoms with van der Waals surface area (Å²) in [5.74, 6) is -0.311. The predicted molar refractivity (Wildman–Crippen MR) is 87.1 cm³/mol. The lowest BCUT2D eigenvalue weighted by Crippen LogP contribution is -1.98. The minimum absolute atomic E-state index is 0.311. The number of ether oxygens (including phenoxy) is 1. The first kappa shape index (κ1) is 13.4. The van der Waals surface area contributed by atoms with Crippen molar-refractivity contribution in [2.24, 2.45) is 0 Å². The van der Waals surface area contributed by atoms with Crippen molar-refractivity contribution in [2.45, 2.75) is 6.92 Å². The maximum absolute atomic E-state index is 11.6. The molecule has 0 heterocycles. The molecule has 0 radical (unpaired) electrons. The molecule has 0 spiro atoms. The summed E-state index contributed by atoms with van der Waals surface area (Å²) in [6.07, 6.45) is 3.35. The van der Waals surface area contributed by atoms with Crippen LogP contribution in [0.25, 0.3) is 27.6 Å². The average Bonchev–Trinajstić information content (AvgIpc) is 2.51. The summed E-state index contributed by atoms with van der Waals surface area (Å²) in [4.78, 5) is 11.6. The molecule has 0 atom stereocenters. The highest BCUT2D eigenvalue weighted by molar-refractivity contribution is 6.07. The number of benzene rings is 3. The van der Waals surface area contributed by atoms with Crippen LogP contribution in [-0.4, -0.2) is 12.6 Å². The van der Waals surface area contributed by atoms with E-state index >= 15 is 0 Å². The first-order valence-corrected chi connectivity index (χ1v) is 7.05. The van der Waals surface area contributed by atoms with E-state index in [4.69, 9.17) is 4.74 Å². The number of fused-ring (bicyclic) bond motifs is 2. The number of hydrogen-bond acceptors (Lipinski definition) is 2. The van der Waals surface area contributed by atoms with E-state index in [-0.39, 0.29) is 5.97 Å². The molecule has 0 saturated carbocycles. The van der Waals surface area contributed by atoms with Crippen molar-refractivity contribution in [1.82, 2.24) is 0 Å². The number of esters is 1. The van der Waals surface area contributed by atoms with Crippen molar-refractivity contribution in [3.63, 3.8) is 0 Å². The summed E-state index contributed by atoms with van der Waals surface area (Å²) in [5.41, 5.74) is 1.05. The Kier molecular flexibility index (Phi) is 3.69. The number of carbonyl (C=O) groups is 1. The van der Waals surface area contributed by atoms with Gasteiger partial charge >= 0.3 is 5.97 Å². The van der Waals surface area contributed by atoms with Crippen LogP contribution in [0.3, 0.4) is 0 Å². The molecule has 0 N–H and O–H groups in total.